The van der Waals surface area contributed by atoms with Crippen LogP contribution in [0.3, 0.4) is 0 Å². The summed E-state index contributed by atoms with van der Waals surface area (Å²) >= 11 is 0. The largest absolute Gasteiger partial charge is 0.386 e. The Labute approximate surface area is 164 Å². The number of carbonyl (C=O) groups excluding carboxylic acids is 1. The Bertz CT molecular complexity index is 811. The molecule has 7 heteroatoms. The summed E-state index contributed by atoms with van der Waals surface area (Å²) < 4.78 is 13.0. The van der Waals surface area contributed by atoms with Gasteiger partial charge in [0.15, 0.2) is 5.96 Å². The third kappa shape index (κ3) is 5.07. The molecule has 1 heterocycles. The number of rotatable bonds is 6. The molecule has 1 fully saturated rings. The van der Waals surface area contributed by atoms with E-state index >= 15 is 0 Å². The minimum absolute atomic E-state index is 0.0610. The number of aliphatic hydroxyl groups is 1. The number of nitrogens with one attached hydrogen (secondary N) is 2. The van der Waals surface area contributed by atoms with Gasteiger partial charge in [-0.15, -0.1) is 0 Å². The van der Waals surface area contributed by atoms with Gasteiger partial charge in [0.05, 0.1) is 18.7 Å². The Balaban J connectivity index is 1.62. The molecule has 0 aromatic heterocycles. The number of halogens is 1. The summed E-state index contributed by atoms with van der Waals surface area (Å²) in [6.07, 6.45) is -0.457. The number of amides is 1. The van der Waals surface area contributed by atoms with Crippen LogP contribution in [0.1, 0.15) is 25.0 Å². The lowest BCUT2D eigenvalue weighted by molar-refractivity contribution is -0.117. The molecule has 2 aromatic carbocycles. The van der Waals surface area contributed by atoms with Crippen molar-refractivity contribution in [2.24, 2.45) is 4.99 Å². The van der Waals surface area contributed by atoms with E-state index in [1.807, 2.05) is 37.3 Å². The van der Waals surface area contributed by atoms with Crippen molar-refractivity contribution in [2.45, 2.75) is 25.5 Å². The van der Waals surface area contributed by atoms with Crippen LogP contribution >= 0.6 is 0 Å². The zero-order chi connectivity index (χ0) is 19.9. The fraction of sp³-hybridized carbons (Fsp3) is 0.333. The maximum atomic E-state index is 13.0. The molecule has 2 aromatic rings. The monoisotopic (exact) mass is 384 g/mol. The molecule has 2 atom stereocenters. The van der Waals surface area contributed by atoms with Crippen molar-refractivity contribution >= 4 is 17.6 Å². The Kier molecular flexibility index (Phi) is 6.60. The number of carbonyl (C=O) groups is 1. The fourth-order valence-corrected chi connectivity index (χ4v) is 3.14. The Morgan fingerprint density at radius 3 is 2.64 bits per heavy atom. The second-order valence-electron chi connectivity index (χ2n) is 6.67. The highest BCUT2D eigenvalue weighted by Gasteiger charge is 2.31. The lowest BCUT2D eigenvalue weighted by Gasteiger charge is -2.19. The van der Waals surface area contributed by atoms with E-state index < -0.39 is 6.10 Å². The van der Waals surface area contributed by atoms with Gasteiger partial charge in [0, 0.05) is 25.2 Å². The summed E-state index contributed by atoms with van der Waals surface area (Å²) in [7, 11) is 0. The molecule has 6 nitrogen and oxygen atoms in total. The molecule has 1 saturated heterocycles. The van der Waals surface area contributed by atoms with Crippen LogP contribution in [0, 0.1) is 5.82 Å². The molecule has 28 heavy (non-hydrogen) atoms. The van der Waals surface area contributed by atoms with Crippen molar-refractivity contribution in [1.29, 1.82) is 0 Å². The molecule has 0 bridgehead atoms. The highest BCUT2D eigenvalue weighted by atomic mass is 19.1. The molecule has 1 aliphatic heterocycles. The number of nitrogens with zero attached hydrogens (tertiary/aromatic N) is 2. The van der Waals surface area contributed by atoms with Crippen molar-refractivity contribution < 1.29 is 14.3 Å². The number of para-hydroxylation sites is 1. The van der Waals surface area contributed by atoms with Gasteiger partial charge in [-0.25, -0.2) is 4.39 Å². The molecule has 3 N–H and O–H groups in total. The van der Waals surface area contributed by atoms with Crippen LogP contribution in [0.5, 0.6) is 0 Å². The second kappa shape index (κ2) is 9.32. The molecule has 1 aliphatic rings. The normalized spacial score (nSPS) is 18.2. The quantitative estimate of drug-likeness (QED) is 0.527. The summed E-state index contributed by atoms with van der Waals surface area (Å²) in [5.41, 5.74) is 1.48. The number of hydrogen-bond donors (Lipinski definition) is 3. The molecule has 148 valence electrons. The van der Waals surface area contributed by atoms with Gasteiger partial charge < -0.3 is 20.6 Å². The minimum Gasteiger partial charge on any atom is -0.386 e. The number of aliphatic imine (C=N–C) groups is 1. The van der Waals surface area contributed by atoms with Crippen molar-refractivity contribution in [2.75, 3.05) is 24.5 Å². The van der Waals surface area contributed by atoms with E-state index in [0.717, 1.165) is 5.69 Å². The summed E-state index contributed by atoms with van der Waals surface area (Å²) in [6.45, 7) is 3.28. The molecule has 3 rings (SSSR count). The fourth-order valence-electron chi connectivity index (χ4n) is 3.14. The van der Waals surface area contributed by atoms with Gasteiger partial charge in [0.1, 0.15) is 5.82 Å². The minimum atomic E-state index is -0.831. The smallest absolute Gasteiger partial charge is 0.229 e. The molecule has 0 saturated carbocycles. The van der Waals surface area contributed by atoms with Gasteiger partial charge in [-0.05, 0) is 36.8 Å². The van der Waals surface area contributed by atoms with Gasteiger partial charge in [-0.2, -0.15) is 0 Å². The second-order valence-corrected chi connectivity index (χ2v) is 6.67. The van der Waals surface area contributed by atoms with Crippen LogP contribution in [0.15, 0.2) is 59.6 Å². The lowest BCUT2D eigenvalue weighted by atomic mass is 10.1. The van der Waals surface area contributed by atoms with Gasteiger partial charge >= 0.3 is 0 Å². The summed E-state index contributed by atoms with van der Waals surface area (Å²) in [5.74, 6) is 0.255. The van der Waals surface area contributed by atoms with Gasteiger partial charge in [0.25, 0.3) is 0 Å². The van der Waals surface area contributed by atoms with E-state index in [4.69, 9.17) is 0 Å². The molecular weight excluding hydrogens is 359 g/mol. The first-order valence-corrected chi connectivity index (χ1v) is 9.40. The van der Waals surface area contributed by atoms with Crippen LogP contribution in [0.2, 0.25) is 0 Å². The number of guanidine groups is 1. The molecule has 0 aliphatic carbocycles. The highest BCUT2D eigenvalue weighted by molar-refractivity contribution is 5.97. The van der Waals surface area contributed by atoms with Crippen molar-refractivity contribution in [3.8, 4) is 0 Å². The standard InChI is InChI=1S/C21H25FN4O2/c1-2-23-21(24-13-19(27)15-8-10-16(22)11-9-15)25-17-12-20(28)26(14-17)18-6-4-3-5-7-18/h3-11,17,19,27H,2,12-14H2,1H3,(H2,23,24,25). The first kappa shape index (κ1) is 19.8. The summed E-state index contributed by atoms with van der Waals surface area (Å²) in [6, 6.07) is 15.2. The van der Waals surface area contributed by atoms with Crippen molar-refractivity contribution in [1.82, 2.24) is 10.6 Å². The maximum Gasteiger partial charge on any atom is 0.229 e. The summed E-state index contributed by atoms with van der Waals surface area (Å²) in [5, 5.41) is 16.7. The Morgan fingerprint density at radius 2 is 1.96 bits per heavy atom. The van der Waals surface area contributed by atoms with E-state index in [1.165, 1.54) is 12.1 Å². The lowest BCUT2D eigenvalue weighted by Crippen LogP contribution is -2.44. The van der Waals surface area contributed by atoms with E-state index in [1.54, 1.807) is 17.0 Å². The van der Waals surface area contributed by atoms with Crippen LogP contribution < -0.4 is 15.5 Å². The molecular formula is C21H25FN4O2. The Hall–Kier alpha value is -2.93. The number of benzene rings is 2. The van der Waals surface area contributed by atoms with E-state index in [2.05, 4.69) is 15.6 Å². The maximum absolute atomic E-state index is 13.0. The molecule has 0 spiro atoms. The topological polar surface area (TPSA) is 77.0 Å². The summed E-state index contributed by atoms with van der Waals surface area (Å²) in [4.78, 5) is 18.5. The average molecular weight is 384 g/mol. The zero-order valence-electron chi connectivity index (χ0n) is 15.8. The van der Waals surface area contributed by atoms with Gasteiger partial charge in [0.2, 0.25) is 5.91 Å². The van der Waals surface area contributed by atoms with Gasteiger partial charge in [-0.3, -0.25) is 9.79 Å². The van der Waals surface area contributed by atoms with E-state index in [0.29, 0.717) is 31.0 Å². The van der Waals surface area contributed by atoms with Crippen LogP contribution in [0.25, 0.3) is 0 Å². The Morgan fingerprint density at radius 1 is 1.25 bits per heavy atom. The first-order chi connectivity index (χ1) is 13.6. The number of anilines is 1. The molecule has 2 unspecified atom stereocenters. The predicted molar refractivity (Wildman–Crippen MR) is 108 cm³/mol. The zero-order valence-corrected chi connectivity index (χ0v) is 15.8. The third-order valence-corrected chi connectivity index (χ3v) is 4.56. The average Bonchev–Trinajstić information content (AvgIpc) is 3.07. The van der Waals surface area contributed by atoms with Crippen molar-refractivity contribution in [3.05, 3.63) is 66.0 Å². The first-order valence-electron chi connectivity index (χ1n) is 9.40. The number of aliphatic hydroxyl groups excluding tert-OH is 1. The molecule has 1 amide bonds. The number of hydrogen-bond acceptors (Lipinski definition) is 3. The van der Waals surface area contributed by atoms with Crippen molar-refractivity contribution in [3.63, 3.8) is 0 Å². The van der Waals surface area contributed by atoms with E-state index in [9.17, 15) is 14.3 Å². The van der Waals surface area contributed by atoms with Crippen LogP contribution in [-0.4, -0.2) is 42.6 Å². The van der Waals surface area contributed by atoms with E-state index in [-0.39, 0.29) is 24.3 Å². The van der Waals surface area contributed by atoms with Crippen LogP contribution in [0.4, 0.5) is 10.1 Å². The molecule has 0 radical (unpaired) electrons. The highest BCUT2D eigenvalue weighted by Crippen LogP contribution is 2.21. The van der Waals surface area contributed by atoms with Crippen LogP contribution in [-0.2, 0) is 4.79 Å². The SMILES string of the molecule is CCNC(=NCC(O)c1ccc(F)cc1)NC1CC(=O)N(c2ccccc2)C1. The van der Waals surface area contributed by atoms with Gasteiger partial charge in [-0.1, -0.05) is 30.3 Å². The third-order valence-electron chi connectivity index (χ3n) is 4.56. The predicted octanol–water partition coefficient (Wildman–Crippen LogP) is 2.22.